The molecular formula is C23H33N4O+. The van der Waals surface area contributed by atoms with Gasteiger partial charge in [-0.25, -0.2) is 0 Å². The van der Waals surface area contributed by atoms with Gasteiger partial charge in [0, 0.05) is 17.1 Å². The summed E-state index contributed by atoms with van der Waals surface area (Å²) in [5.41, 5.74) is 4.32. The summed E-state index contributed by atoms with van der Waals surface area (Å²) in [5, 5.41) is 6.27. The van der Waals surface area contributed by atoms with Gasteiger partial charge < -0.3 is 20.4 Å². The van der Waals surface area contributed by atoms with Crippen molar-refractivity contribution < 1.29 is 9.69 Å². The maximum atomic E-state index is 12.5. The van der Waals surface area contributed by atoms with Gasteiger partial charge in [-0.15, -0.1) is 0 Å². The van der Waals surface area contributed by atoms with Gasteiger partial charge in [-0.1, -0.05) is 19.1 Å². The summed E-state index contributed by atoms with van der Waals surface area (Å²) in [7, 11) is 0. The normalized spacial score (nSPS) is 15.9. The molecule has 0 saturated carbocycles. The Hall–Kier alpha value is -2.53. The highest BCUT2D eigenvalue weighted by atomic mass is 16.2. The predicted octanol–water partition coefficient (Wildman–Crippen LogP) is 2.41. The van der Waals surface area contributed by atoms with Crippen LogP contribution in [0.25, 0.3) is 0 Å². The fourth-order valence-electron chi connectivity index (χ4n) is 3.59. The molecule has 3 N–H and O–H groups in total. The molecule has 1 amide bonds. The van der Waals surface area contributed by atoms with Crippen LogP contribution in [0.5, 0.6) is 0 Å². The number of nitrogens with one attached hydrogen (secondary N) is 3. The third kappa shape index (κ3) is 5.26. The van der Waals surface area contributed by atoms with E-state index in [1.165, 1.54) is 30.9 Å². The Labute approximate surface area is 168 Å². The molecule has 1 fully saturated rings. The molecule has 0 unspecified atom stereocenters. The number of benzene rings is 2. The highest BCUT2D eigenvalue weighted by molar-refractivity contribution is 5.96. The fourth-order valence-corrected chi connectivity index (χ4v) is 3.59. The molecule has 2 aromatic rings. The predicted molar refractivity (Wildman–Crippen MR) is 117 cm³/mol. The lowest BCUT2D eigenvalue weighted by Crippen LogP contribution is -3.14. The number of rotatable bonds is 7. The van der Waals surface area contributed by atoms with E-state index in [2.05, 4.69) is 53.6 Å². The van der Waals surface area contributed by atoms with E-state index in [-0.39, 0.29) is 11.9 Å². The Morgan fingerprint density at radius 1 is 1.00 bits per heavy atom. The Morgan fingerprint density at radius 3 is 2.18 bits per heavy atom. The van der Waals surface area contributed by atoms with Crippen molar-refractivity contribution in [1.29, 1.82) is 0 Å². The van der Waals surface area contributed by atoms with Crippen molar-refractivity contribution in [2.24, 2.45) is 0 Å². The Kier molecular flexibility index (Phi) is 6.93. The summed E-state index contributed by atoms with van der Waals surface area (Å²) in [6.07, 6.45) is 0.998. The molecule has 0 bridgehead atoms. The lowest BCUT2D eigenvalue weighted by atomic mass is 10.1. The molecule has 1 atom stereocenters. The number of quaternary nitrogens is 1. The molecule has 28 heavy (non-hydrogen) atoms. The molecule has 0 radical (unpaired) electrons. The quantitative estimate of drug-likeness (QED) is 0.690. The second-order valence-corrected chi connectivity index (χ2v) is 7.54. The van der Waals surface area contributed by atoms with Crippen LogP contribution < -0.4 is 20.4 Å². The van der Waals surface area contributed by atoms with E-state index in [9.17, 15) is 4.79 Å². The first-order valence-corrected chi connectivity index (χ1v) is 10.4. The second kappa shape index (κ2) is 9.60. The van der Waals surface area contributed by atoms with Crippen LogP contribution in [0.4, 0.5) is 17.1 Å². The molecule has 0 spiro atoms. The average molecular weight is 382 g/mol. The van der Waals surface area contributed by atoms with Gasteiger partial charge in [-0.2, -0.15) is 0 Å². The average Bonchev–Trinajstić information content (AvgIpc) is 2.75. The lowest BCUT2D eigenvalue weighted by Gasteiger charge is -2.33. The third-order valence-electron chi connectivity index (χ3n) is 5.61. The van der Waals surface area contributed by atoms with E-state index in [1.807, 2.05) is 31.2 Å². The van der Waals surface area contributed by atoms with E-state index in [0.29, 0.717) is 0 Å². The molecule has 1 heterocycles. The summed E-state index contributed by atoms with van der Waals surface area (Å²) >= 11 is 0. The van der Waals surface area contributed by atoms with E-state index in [4.69, 9.17) is 0 Å². The van der Waals surface area contributed by atoms with Crippen LogP contribution in [-0.4, -0.2) is 44.7 Å². The molecule has 1 aliphatic heterocycles. The maximum Gasteiger partial charge on any atom is 0.246 e. The highest BCUT2D eigenvalue weighted by Gasteiger charge is 2.19. The molecule has 1 saturated heterocycles. The zero-order chi connectivity index (χ0) is 19.9. The third-order valence-corrected chi connectivity index (χ3v) is 5.61. The molecule has 3 rings (SSSR count). The number of hydrogen-bond donors (Lipinski definition) is 3. The van der Waals surface area contributed by atoms with Gasteiger partial charge in [0.1, 0.15) is 6.04 Å². The van der Waals surface area contributed by atoms with Crippen molar-refractivity contribution in [3.8, 4) is 0 Å². The first kappa shape index (κ1) is 20.2. The summed E-state index contributed by atoms with van der Waals surface area (Å²) in [6.45, 7) is 12.1. The number of hydrogen-bond acceptors (Lipinski definition) is 3. The van der Waals surface area contributed by atoms with Gasteiger partial charge in [0.25, 0.3) is 0 Å². The molecular weight excluding hydrogens is 348 g/mol. The molecule has 2 aromatic carbocycles. The Balaban J connectivity index is 1.52. The van der Waals surface area contributed by atoms with E-state index in [1.54, 1.807) is 4.90 Å². The minimum atomic E-state index is -0.312. The maximum absolute atomic E-state index is 12.5. The van der Waals surface area contributed by atoms with Crippen LogP contribution in [0.1, 0.15) is 26.3 Å². The van der Waals surface area contributed by atoms with Crippen LogP contribution in [0.3, 0.4) is 0 Å². The van der Waals surface area contributed by atoms with Gasteiger partial charge in [-0.05, 0) is 62.2 Å². The Bertz CT molecular complexity index is 749. The monoisotopic (exact) mass is 381 g/mol. The SMILES string of the molecule is CCc1ccc(NC(=O)[C@H](C)Nc2ccc(N3CC[NH+](CC)CC3)cc2)cc1. The first-order valence-electron chi connectivity index (χ1n) is 10.4. The minimum Gasteiger partial charge on any atom is -0.374 e. The molecule has 1 aliphatic rings. The van der Waals surface area contributed by atoms with Crippen LogP contribution in [0.15, 0.2) is 48.5 Å². The number of nitrogens with zero attached hydrogens (tertiary/aromatic N) is 1. The van der Waals surface area contributed by atoms with Crippen molar-refractivity contribution >= 4 is 23.0 Å². The summed E-state index contributed by atoms with van der Waals surface area (Å²) in [6, 6.07) is 16.1. The molecule has 150 valence electrons. The van der Waals surface area contributed by atoms with Crippen LogP contribution in [0.2, 0.25) is 0 Å². The van der Waals surface area contributed by atoms with Crippen LogP contribution in [-0.2, 0) is 11.2 Å². The van der Waals surface area contributed by atoms with Gasteiger partial charge in [0.05, 0.1) is 32.7 Å². The first-order chi connectivity index (χ1) is 13.6. The number of carbonyl (C=O) groups excluding carboxylic acids is 1. The number of carbonyl (C=O) groups is 1. The number of anilines is 3. The smallest absolute Gasteiger partial charge is 0.246 e. The molecule has 5 nitrogen and oxygen atoms in total. The number of piperazine rings is 1. The molecule has 0 aliphatic carbocycles. The van der Waals surface area contributed by atoms with Crippen LogP contribution in [0, 0.1) is 0 Å². The fraction of sp³-hybridized carbons (Fsp3) is 0.435. The zero-order valence-electron chi connectivity index (χ0n) is 17.3. The summed E-state index contributed by atoms with van der Waals surface area (Å²) < 4.78 is 0. The largest absolute Gasteiger partial charge is 0.374 e. The molecule has 0 aromatic heterocycles. The van der Waals surface area contributed by atoms with Crippen molar-refractivity contribution in [1.82, 2.24) is 0 Å². The van der Waals surface area contributed by atoms with E-state index >= 15 is 0 Å². The van der Waals surface area contributed by atoms with Crippen molar-refractivity contribution in [2.75, 3.05) is 48.3 Å². The number of aryl methyl sites for hydroxylation is 1. The number of likely N-dealkylation sites (N-methyl/N-ethyl adjacent to an activating group) is 1. The second-order valence-electron chi connectivity index (χ2n) is 7.54. The van der Waals surface area contributed by atoms with Crippen molar-refractivity contribution in [3.63, 3.8) is 0 Å². The summed E-state index contributed by atoms with van der Waals surface area (Å²) in [5.74, 6) is -0.0352. The summed E-state index contributed by atoms with van der Waals surface area (Å²) in [4.78, 5) is 16.6. The van der Waals surface area contributed by atoms with Crippen LogP contribution >= 0.6 is 0 Å². The van der Waals surface area contributed by atoms with Gasteiger partial charge in [-0.3, -0.25) is 4.79 Å². The highest BCUT2D eigenvalue weighted by Crippen LogP contribution is 2.19. The zero-order valence-corrected chi connectivity index (χ0v) is 17.3. The van der Waals surface area contributed by atoms with Crippen molar-refractivity contribution in [3.05, 3.63) is 54.1 Å². The topological polar surface area (TPSA) is 48.8 Å². The van der Waals surface area contributed by atoms with Gasteiger partial charge in [0.2, 0.25) is 5.91 Å². The lowest BCUT2D eigenvalue weighted by molar-refractivity contribution is -0.898. The van der Waals surface area contributed by atoms with E-state index in [0.717, 1.165) is 30.9 Å². The Morgan fingerprint density at radius 2 is 1.61 bits per heavy atom. The standard InChI is InChI=1S/C23H32N4O/c1-4-19-6-8-21(9-7-19)25-23(28)18(3)24-20-10-12-22(13-11-20)27-16-14-26(5-2)15-17-27/h6-13,18,24H,4-5,14-17H2,1-3H3,(H,25,28)/p+1/t18-/m0/s1. The van der Waals surface area contributed by atoms with Gasteiger partial charge in [0.15, 0.2) is 0 Å². The van der Waals surface area contributed by atoms with E-state index < -0.39 is 0 Å². The van der Waals surface area contributed by atoms with Gasteiger partial charge >= 0.3 is 0 Å². The molecule has 5 heteroatoms. The van der Waals surface area contributed by atoms with Crippen molar-refractivity contribution in [2.45, 2.75) is 33.2 Å². The number of amides is 1. The minimum absolute atomic E-state index is 0.0352.